The van der Waals surface area contributed by atoms with Gasteiger partial charge in [-0.05, 0) is 52.3 Å². The number of ketones is 1. The summed E-state index contributed by atoms with van der Waals surface area (Å²) in [6, 6.07) is 10.6. The van der Waals surface area contributed by atoms with Crippen molar-refractivity contribution in [2.24, 2.45) is 11.3 Å². The van der Waals surface area contributed by atoms with Crippen molar-refractivity contribution in [2.75, 3.05) is 20.6 Å². The zero-order valence-corrected chi connectivity index (χ0v) is 14.3. The predicted octanol–water partition coefficient (Wildman–Crippen LogP) is 2.34. The molecule has 1 spiro atoms. The normalized spacial score (nSPS) is 33.9. The number of hydrogen-bond acceptors (Lipinski definition) is 3. The van der Waals surface area contributed by atoms with Gasteiger partial charge in [-0.3, -0.25) is 14.5 Å². The van der Waals surface area contributed by atoms with Crippen molar-refractivity contribution in [1.82, 2.24) is 10.2 Å². The number of rotatable bonds is 3. The molecule has 4 nitrogen and oxygen atoms in total. The van der Waals surface area contributed by atoms with Crippen molar-refractivity contribution in [2.45, 2.75) is 38.1 Å². The smallest absolute Gasteiger partial charge is 0.231 e. The molecule has 23 heavy (non-hydrogen) atoms. The van der Waals surface area contributed by atoms with Crippen molar-refractivity contribution >= 4 is 11.7 Å². The third-order valence-electron chi connectivity index (χ3n) is 6.14. The van der Waals surface area contributed by atoms with Gasteiger partial charge in [0.05, 0.1) is 0 Å². The molecule has 124 valence electrons. The summed E-state index contributed by atoms with van der Waals surface area (Å²) in [5.41, 5.74) is 1.15. The fourth-order valence-electron chi connectivity index (χ4n) is 4.73. The van der Waals surface area contributed by atoms with Crippen molar-refractivity contribution in [3.63, 3.8) is 0 Å². The van der Waals surface area contributed by atoms with E-state index in [1.165, 1.54) is 5.56 Å². The summed E-state index contributed by atoms with van der Waals surface area (Å²) >= 11 is 0. The molecule has 1 saturated carbocycles. The minimum Gasteiger partial charge on any atom is -0.355 e. The molecule has 1 atom stereocenters. The average Bonchev–Trinajstić information content (AvgIpc) is 2.85. The number of hydrogen-bond donors (Lipinski definition) is 1. The minimum absolute atomic E-state index is 0.000509. The van der Waals surface area contributed by atoms with Gasteiger partial charge in [0, 0.05) is 17.5 Å². The Morgan fingerprint density at radius 2 is 1.74 bits per heavy atom. The summed E-state index contributed by atoms with van der Waals surface area (Å²) in [4.78, 5) is 26.4. The molecule has 3 rings (SSSR count). The Hall–Kier alpha value is -1.68. The number of nitrogens with zero attached hydrogens (tertiary/aromatic N) is 1. The molecule has 2 aliphatic rings. The number of carbonyl (C=O) groups excluding carboxylic acids is 2. The van der Waals surface area contributed by atoms with Crippen molar-refractivity contribution in [3.05, 3.63) is 35.9 Å². The van der Waals surface area contributed by atoms with E-state index >= 15 is 0 Å². The monoisotopic (exact) mass is 314 g/mol. The van der Waals surface area contributed by atoms with Gasteiger partial charge in [0.25, 0.3) is 0 Å². The lowest BCUT2D eigenvalue weighted by Gasteiger charge is -2.49. The van der Waals surface area contributed by atoms with Crippen LogP contribution in [0.3, 0.4) is 0 Å². The van der Waals surface area contributed by atoms with Crippen LogP contribution in [0.4, 0.5) is 0 Å². The molecule has 1 aliphatic carbocycles. The van der Waals surface area contributed by atoms with E-state index in [1.54, 1.807) is 6.92 Å². The van der Waals surface area contributed by atoms with Gasteiger partial charge in [-0.15, -0.1) is 0 Å². The van der Waals surface area contributed by atoms with Crippen LogP contribution in [0.1, 0.15) is 38.2 Å². The fraction of sp³-hybridized carbons (Fsp3) is 0.579. The minimum atomic E-state index is -0.460. The molecule has 1 aliphatic heterocycles. The fourth-order valence-corrected chi connectivity index (χ4v) is 4.73. The van der Waals surface area contributed by atoms with E-state index in [2.05, 4.69) is 48.6 Å². The first-order valence-corrected chi connectivity index (χ1v) is 8.42. The second kappa shape index (κ2) is 5.75. The van der Waals surface area contributed by atoms with Gasteiger partial charge in [0.15, 0.2) is 0 Å². The maximum Gasteiger partial charge on any atom is 0.231 e. The predicted molar refractivity (Wildman–Crippen MR) is 89.9 cm³/mol. The highest BCUT2D eigenvalue weighted by Gasteiger charge is 2.55. The molecule has 1 unspecified atom stereocenters. The molecule has 0 aromatic heterocycles. The molecule has 1 heterocycles. The van der Waals surface area contributed by atoms with Gasteiger partial charge in [-0.1, -0.05) is 30.3 Å². The van der Waals surface area contributed by atoms with E-state index < -0.39 is 5.92 Å². The Morgan fingerprint density at radius 1 is 1.13 bits per heavy atom. The zero-order chi connectivity index (χ0) is 16.7. The van der Waals surface area contributed by atoms with E-state index in [-0.39, 0.29) is 22.6 Å². The van der Waals surface area contributed by atoms with Crippen LogP contribution < -0.4 is 5.32 Å². The highest BCUT2D eigenvalue weighted by molar-refractivity contribution is 6.02. The molecule has 0 bridgehead atoms. The summed E-state index contributed by atoms with van der Waals surface area (Å²) in [5.74, 6) is -0.523. The topological polar surface area (TPSA) is 49.4 Å². The van der Waals surface area contributed by atoms with Crippen molar-refractivity contribution in [1.29, 1.82) is 0 Å². The van der Waals surface area contributed by atoms with Crippen LogP contribution in [-0.2, 0) is 15.1 Å². The van der Waals surface area contributed by atoms with E-state index in [9.17, 15) is 9.59 Å². The molecule has 1 amide bonds. The number of Topliss-reactive ketones (excluding diaryl/α,β-unsaturated/α-hetero) is 1. The van der Waals surface area contributed by atoms with Crippen LogP contribution in [0.15, 0.2) is 30.3 Å². The van der Waals surface area contributed by atoms with E-state index in [0.717, 1.165) is 25.7 Å². The third-order valence-corrected chi connectivity index (χ3v) is 6.14. The van der Waals surface area contributed by atoms with Crippen LogP contribution >= 0.6 is 0 Å². The van der Waals surface area contributed by atoms with E-state index in [4.69, 9.17) is 0 Å². The molecular formula is C19H26N2O2. The summed E-state index contributed by atoms with van der Waals surface area (Å²) in [6.45, 7) is 2.21. The lowest BCUT2D eigenvalue weighted by atomic mass is 9.60. The standard InChI is InChI=1S/C19H26N2O2/c1-14(22)16-17(23)20-13-18(16)9-11-19(12-10-18,21(2)3)15-7-5-4-6-8-15/h4-8,16H,9-13H2,1-3H3,(H,20,23)/t16?,18-,19+. The molecule has 1 saturated heterocycles. The van der Waals surface area contributed by atoms with Gasteiger partial charge < -0.3 is 5.32 Å². The quantitative estimate of drug-likeness (QED) is 0.871. The Bertz CT molecular complexity index is 601. The van der Waals surface area contributed by atoms with Crippen LogP contribution in [0.2, 0.25) is 0 Å². The third kappa shape index (κ3) is 2.49. The summed E-state index contributed by atoms with van der Waals surface area (Å²) in [6.07, 6.45) is 3.76. The lowest BCUT2D eigenvalue weighted by molar-refractivity contribution is -0.135. The molecular weight excluding hydrogens is 288 g/mol. The maximum absolute atomic E-state index is 12.1. The number of nitrogens with one attached hydrogen (secondary N) is 1. The average molecular weight is 314 g/mol. The van der Waals surface area contributed by atoms with Gasteiger partial charge in [0.1, 0.15) is 11.7 Å². The number of benzene rings is 1. The van der Waals surface area contributed by atoms with Crippen molar-refractivity contribution < 1.29 is 9.59 Å². The highest BCUT2D eigenvalue weighted by atomic mass is 16.2. The van der Waals surface area contributed by atoms with Gasteiger partial charge >= 0.3 is 0 Å². The SMILES string of the molecule is CC(=O)C1C(=O)NC[C@]12CC[C@](c1ccccc1)(N(C)C)CC2. The van der Waals surface area contributed by atoms with Crippen LogP contribution in [-0.4, -0.2) is 37.2 Å². The zero-order valence-electron chi connectivity index (χ0n) is 14.3. The molecule has 4 heteroatoms. The number of carbonyl (C=O) groups is 2. The van der Waals surface area contributed by atoms with Crippen molar-refractivity contribution in [3.8, 4) is 0 Å². The second-order valence-corrected chi connectivity index (χ2v) is 7.42. The van der Waals surface area contributed by atoms with Gasteiger partial charge in [-0.25, -0.2) is 0 Å². The van der Waals surface area contributed by atoms with E-state index in [1.807, 2.05) is 6.07 Å². The largest absolute Gasteiger partial charge is 0.355 e. The van der Waals surface area contributed by atoms with E-state index in [0.29, 0.717) is 6.54 Å². The summed E-state index contributed by atoms with van der Waals surface area (Å²) in [7, 11) is 4.26. The maximum atomic E-state index is 12.1. The Balaban J connectivity index is 1.89. The van der Waals surface area contributed by atoms with Crippen LogP contribution in [0.5, 0.6) is 0 Å². The molecule has 1 N–H and O–H groups in total. The Morgan fingerprint density at radius 3 is 2.26 bits per heavy atom. The van der Waals surface area contributed by atoms with Crippen LogP contribution in [0, 0.1) is 11.3 Å². The molecule has 0 radical (unpaired) electrons. The Labute approximate surface area is 138 Å². The molecule has 1 aromatic carbocycles. The first-order valence-electron chi connectivity index (χ1n) is 8.42. The first kappa shape index (κ1) is 16.2. The second-order valence-electron chi connectivity index (χ2n) is 7.42. The summed E-state index contributed by atoms with van der Waals surface area (Å²) in [5, 5.41) is 2.93. The summed E-state index contributed by atoms with van der Waals surface area (Å²) < 4.78 is 0. The van der Waals surface area contributed by atoms with Gasteiger partial charge in [-0.2, -0.15) is 0 Å². The lowest BCUT2D eigenvalue weighted by Crippen LogP contribution is -2.49. The molecule has 2 fully saturated rings. The highest BCUT2D eigenvalue weighted by Crippen LogP contribution is 2.52. The first-order chi connectivity index (χ1) is 10.9. The number of amides is 1. The van der Waals surface area contributed by atoms with Crippen LogP contribution in [0.25, 0.3) is 0 Å². The van der Waals surface area contributed by atoms with Gasteiger partial charge in [0.2, 0.25) is 5.91 Å². The Kier molecular flexibility index (Phi) is 4.05. The molecule has 1 aromatic rings.